The number of hydrogen-bond acceptors (Lipinski definition) is 5. The summed E-state index contributed by atoms with van der Waals surface area (Å²) in [5.41, 5.74) is 0.212. The van der Waals surface area contributed by atoms with Gasteiger partial charge < -0.3 is 20.1 Å². The number of carbonyl (C=O) groups excluding carboxylic acids is 1. The van der Waals surface area contributed by atoms with Gasteiger partial charge in [0.2, 0.25) is 0 Å². The van der Waals surface area contributed by atoms with Gasteiger partial charge in [0.15, 0.2) is 0 Å². The largest absolute Gasteiger partial charge is 0.478 e. The van der Waals surface area contributed by atoms with E-state index in [4.69, 9.17) is 20.1 Å². The molecule has 1 rings (SSSR count). The molecular weight excluding hydrogens is 228 g/mol. The Labute approximate surface area is 97.1 Å². The number of ether oxygens (including phenoxy) is 1. The van der Waals surface area contributed by atoms with Crippen molar-refractivity contribution in [3.63, 3.8) is 0 Å². The zero-order chi connectivity index (χ0) is 12.8. The predicted octanol–water partition coefficient (Wildman–Crippen LogP) is -0.105. The second-order valence-corrected chi connectivity index (χ2v) is 3.27. The third-order valence-electron chi connectivity index (χ3n) is 2.05. The minimum absolute atomic E-state index is 0.0578. The molecule has 0 fully saturated rings. The Hall–Kier alpha value is -1.92. The van der Waals surface area contributed by atoms with E-state index < -0.39 is 31.3 Å². The monoisotopic (exact) mass is 240 g/mol. The highest BCUT2D eigenvalue weighted by Crippen LogP contribution is 2.07. The van der Waals surface area contributed by atoms with Crippen LogP contribution < -0.4 is 0 Å². The Morgan fingerprint density at radius 1 is 1.06 bits per heavy atom. The fourth-order valence-corrected chi connectivity index (χ4v) is 1.10. The number of carboxylic acids is 1. The van der Waals surface area contributed by atoms with Crippen LogP contribution in [0.2, 0.25) is 0 Å². The molecule has 0 atom stereocenters. The van der Waals surface area contributed by atoms with Crippen molar-refractivity contribution in [3.8, 4) is 0 Å². The van der Waals surface area contributed by atoms with Gasteiger partial charge in [0, 0.05) is 0 Å². The highest BCUT2D eigenvalue weighted by molar-refractivity contribution is 5.92. The van der Waals surface area contributed by atoms with E-state index in [2.05, 4.69) is 0 Å². The molecule has 0 aromatic heterocycles. The molecule has 92 valence electrons. The standard InChI is InChI=1S/C11H12O6/c12-5-9(6-13)17-11(16)8-3-1-7(2-4-8)10(14)15/h1-4,9,12-13H,5-6H2,(H,14,15). The predicted molar refractivity (Wildman–Crippen MR) is 56.8 cm³/mol. The lowest BCUT2D eigenvalue weighted by molar-refractivity contribution is -0.00545. The minimum Gasteiger partial charge on any atom is -0.478 e. The van der Waals surface area contributed by atoms with Crippen LogP contribution in [-0.4, -0.2) is 46.6 Å². The second-order valence-electron chi connectivity index (χ2n) is 3.27. The molecule has 1 aromatic rings. The molecule has 0 bridgehead atoms. The first-order valence-corrected chi connectivity index (χ1v) is 4.84. The Bertz CT molecular complexity index is 393. The molecule has 0 heterocycles. The van der Waals surface area contributed by atoms with Crippen LogP contribution in [-0.2, 0) is 4.74 Å². The van der Waals surface area contributed by atoms with E-state index in [1.807, 2.05) is 0 Å². The molecule has 6 heteroatoms. The van der Waals surface area contributed by atoms with Crippen molar-refractivity contribution in [1.82, 2.24) is 0 Å². The maximum absolute atomic E-state index is 11.5. The minimum atomic E-state index is -1.09. The van der Waals surface area contributed by atoms with Gasteiger partial charge in [-0.3, -0.25) is 0 Å². The van der Waals surface area contributed by atoms with Gasteiger partial charge in [0.1, 0.15) is 6.10 Å². The molecule has 1 aromatic carbocycles. The normalized spacial score (nSPS) is 10.3. The van der Waals surface area contributed by atoms with Crippen LogP contribution in [0.25, 0.3) is 0 Å². The first-order valence-electron chi connectivity index (χ1n) is 4.84. The van der Waals surface area contributed by atoms with E-state index in [1.165, 1.54) is 24.3 Å². The van der Waals surface area contributed by atoms with Crippen LogP contribution in [0.5, 0.6) is 0 Å². The molecular formula is C11H12O6. The summed E-state index contributed by atoms with van der Waals surface area (Å²) in [6.45, 7) is -0.953. The van der Waals surface area contributed by atoms with E-state index in [0.717, 1.165) is 0 Å². The number of aliphatic hydroxyl groups excluding tert-OH is 2. The molecule has 17 heavy (non-hydrogen) atoms. The average molecular weight is 240 g/mol. The molecule has 0 saturated carbocycles. The SMILES string of the molecule is O=C(O)c1ccc(C(=O)OC(CO)CO)cc1. The number of esters is 1. The van der Waals surface area contributed by atoms with Crippen molar-refractivity contribution >= 4 is 11.9 Å². The third kappa shape index (κ3) is 3.54. The average Bonchev–Trinajstić information content (AvgIpc) is 2.35. The van der Waals surface area contributed by atoms with Crippen molar-refractivity contribution in [2.75, 3.05) is 13.2 Å². The maximum Gasteiger partial charge on any atom is 0.338 e. The molecule has 0 unspecified atom stereocenters. The maximum atomic E-state index is 11.5. The van der Waals surface area contributed by atoms with Gasteiger partial charge in [-0.25, -0.2) is 9.59 Å². The molecule has 0 aliphatic carbocycles. The van der Waals surface area contributed by atoms with Gasteiger partial charge in [-0.2, -0.15) is 0 Å². The first kappa shape index (κ1) is 13.1. The highest BCUT2D eigenvalue weighted by Gasteiger charge is 2.14. The Kier molecular flexibility index (Phi) is 4.62. The molecule has 0 aliphatic heterocycles. The smallest absolute Gasteiger partial charge is 0.338 e. The highest BCUT2D eigenvalue weighted by atomic mass is 16.6. The molecule has 3 N–H and O–H groups in total. The zero-order valence-corrected chi connectivity index (χ0v) is 8.87. The van der Waals surface area contributed by atoms with Crippen molar-refractivity contribution in [2.45, 2.75) is 6.10 Å². The number of aliphatic hydroxyl groups is 2. The Balaban J connectivity index is 2.73. The number of carboxylic acid groups (broad SMARTS) is 1. The van der Waals surface area contributed by atoms with Crippen LogP contribution in [0, 0.1) is 0 Å². The van der Waals surface area contributed by atoms with Gasteiger partial charge >= 0.3 is 11.9 Å². The number of aromatic carboxylic acids is 1. The van der Waals surface area contributed by atoms with Gasteiger partial charge in [-0.05, 0) is 24.3 Å². The van der Waals surface area contributed by atoms with Crippen LogP contribution in [0.4, 0.5) is 0 Å². The van der Waals surface area contributed by atoms with Crippen LogP contribution in [0.1, 0.15) is 20.7 Å². The number of hydrogen-bond donors (Lipinski definition) is 3. The topological polar surface area (TPSA) is 104 Å². The van der Waals surface area contributed by atoms with Gasteiger partial charge in [-0.1, -0.05) is 0 Å². The number of rotatable bonds is 5. The molecule has 0 amide bonds. The van der Waals surface area contributed by atoms with E-state index in [9.17, 15) is 9.59 Å². The number of carbonyl (C=O) groups is 2. The summed E-state index contributed by atoms with van der Waals surface area (Å²) in [5, 5.41) is 26.1. The molecule has 0 saturated heterocycles. The Morgan fingerprint density at radius 2 is 1.53 bits per heavy atom. The summed E-state index contributed by atoms with van der Waals surface area (Å²) in [6.07, 6.45) is -0.971. The summed E-state index contributed by atoms with van der Waals surface area (Å²) in [4.78, 5) is 22.0. The van der Waals surface area contributed by atoms with E-state index >= 15 is 0 Å². The van der Waals surface area contributed by atoms with E-state index in [0.29, 0.717) is 0 Å². The fourth-order valence-electron chi connectivity index (χ4n) is 1.10. The summed E-state index contributed by atoms with van der Waals surface area (Å²) in [5.74, 6) is -1.82. The van der Waals surface area contributed by atoms with Crippen molar-refractivity contribution in [3.05, 3.63) is 35.4 Å². The third-order valence-corrected chi connectivity index (χ3v) is 2.05. The summed E-state index contributed by atoms with van der Waals surface area (Å²) in [7, 11) is 0. The van der Waals surface area contributed by atoms with E-state index in [1.54, 1.807) is 0 Å². The quantitative estimate of drug-likeness (QED) is 0.620. The lowest BCUT2D eigenvalue weighted by Crippen LogP contribution is -2.25. The molecule has 0 aliphatic rings. The van der Waals surface area contributed by atoms with Gasteiger partial charge in [0.05, 0.1) is 24.3 Å². The lowest BCUT2D eigenvalue weighted by Gasteiger charge is -2.12. The Morgan fingerprint density at radius 3 is 1.94 bits per heavy atom. The van der Waals surface area contributed by atoms with E-state index in [-0.39, 0.29) is 11.1 Å². The van der Waals surface area contributed by atoms with Crippen molar-refractivity contribution in [2.24, 2.45) is 0 Å². The molecule has 0 spiro atoms. The number of benzene rings is 1. The van der Waals surface area contributed by atoms with Gasteiger partial charge in [0.25, 0.3) is 0 Å². The summed E-state index contributed by atoms with van der Waals surface area (Å²) >= 11 is 0. The van der Waals surface area contributed by atoms with Crippen LogP contribution in [0.3, 0.4) is 0 Å². The molecule has 6 nitrogen and oxygen atoms in total. The van der Waals surface area contributed by atoms with Crippen molar-refractivity contribution in [1.29, 1.82) is 0 Å². The second kappa shape index (κ2) is 5.97. The summed E-state index contributed by atoms with van der Waals surface area (Å²) in [6, 6.07) is 5.15. The molecule has 0 radical (unpaired) electrons. The fraction of sp³-hybridized carbons (Fsp3) is 0.273. The van der Waals surface area contributed by atoms with Gasteiger partial charge in [-0.15, -0.1) is 0 Å². The lowest BCUT2D eigenvalue weighted by atomic mass is 10.1. The first-order chi connectivity index (χ1) is 8.08. The zero-order valence-electron chi connectivity index (χ0n) is 8.87. The van der Waals surface area contributed by atoms with Crippen molar-refractivity contribution < 1.29 is 29.6 Å². The summed E-state index contributed by atoms with van der Waals surface area (Å²) < 4.78 is 4.75. The van der Waals surface area contributed by atoms with Crippen LogP contribution >= 0.6 is 0 Å². The van der Waals surface area contributed by atoms with Crippen LogP contribution in [0.15, 0.2) is 24.3 Å².